The summed E-state index contributed by atoms with van der Waals surface area (Å²) in [6, 6.07) is 11.2. The Hall–Kier alpha value is -3.56. The molecule has 2 aromatic rings. The predicted octanol–water partition coefficient (Wildman–Crippen LogP) is 2.15. The molecule has 0 radical (unpaired) electrons. The lowest BCUT2D eigenvalue weighted by molar-refractivity contribution is -0.118. The second-order valence-electron chi connectivity index (χ2n) is 6.65. The number of aliphatic imine (C=N–C) groups is 1. The molecule has 1 amide bonds. The number of hydroxylamine groups is 1. The highest BCUT2D eigenvalue weighted by atomic mass is 16.5. The van der Waals surface area contributed by atoms with E-state index < -0.39 is 0 Å². The molecule has 2 aromatic carbocycles. The van der Waals surface area contributed by atoms with Crippen LogP contribution in [0.15, 0.2) is 53.3 Å². The highest BCUT2D eigenvalue weighted by molar-refractivity contribution is 5.98. The van der Waals surface area contributed by atoms with Crippen molar-refractivity contribution >= 4 is 23.2 Å². The lowest BCUT2D eigenvalue weighted by atomic mass is 10.1. The lowest BCUT2D eigenvalue weighted by Gasteiger charge is -2.17. The van der Waals surface area contributed by atoms with E-state index in [1.54, 1.807) is 12.1 Å². The Balaban J connectivity index is 2.31. The average Bonchev–Trinajstić information content (AvgIpc) is 2.69. The minimum atomic E-state index is -0.344. The van der Waals surface area contributed by atoms with E-state index in [9.17, 15) is 4.79 Å². The maximum atomic E-state index is 11.6. The summed E-state index contributed by atoms with van der Waals surface area (Å²) >= 11 is 0. The summed E-state index contributed by atoms with van der Waals surface area (Å²) in [7, 11) is 0. The number of nitrogens with zero attached hydrogens (tertiary/aromatic N) is 1. The van der Waals surface area contributed by atoms with Gasteiger partial charge in [0.15, 0.2) is 0 Å². The van der Waals surface area contributed by atoms with Crippen molar-refractivity contribution in [2.45, 2.75) is 27.3 Å². The Kier molecular flexibility index (Phi) is 8.21. The number of carbonyl (C=O) groups is 1. The fourth-order valence-electron chi connectivity index (χ4n) is 2.78. The van der Waals surface area contributed by atoms with Gasteiger partial charge in [0, 0.05) is 24.8 Å². The molecule has 0 saturated heterocycles. The van der Waals surface area contributed by atoms with Crippen LogP contribution in [0.1, 0.15) is 23.6 Å². The number of amides is 1. The van der Waals surface area contributed by atoms with Gasteiger partial charge < -0.3 is 26.8 Å². The summed E-state index contributed by atoms with van der Waals surface area (Å²) in [6.45, 7) is 5.70. The zero-order valence-electron chi connectivity index (χ0n) is 17.3. The molecule has 30 heavy (non-hydrogen) atoms. The molecule has 0 atom stereocenters. The minimum Gasteiger partial charge on any atom is -0.437 e. The zero-order chi connectivity index (χ0) is 22.1. The van der Waals surface area contributed by atoms with Gasteiger partial charge in [0.1, 0.15) is 18.1 Å². The van der Waals surface area contributed by atoms with Crippen LogP contribution in [-0.4, -0.2) is 23.7 Å². The van der Waals surface area contributed by atoms with Crippen LogP contribution in [0, 0.1) is 13.8 Å². The molecule has 2 rings (SSSR count). The number of hydrogen-bond acceptors (Lipinski definition) is 8. The van der Waals surface area contributed by atoms with E-state index in [4.69, 9.17) is 21.4 Å². The van der Waals surface area contributed by atoms with Gasteiger partial charge in [-0.05, 0) is 54.8 Å². The van der Waals surface area contributed by atoms with Crippen molar-refractivity contribution in [3.63, 3.8) is 0 Å². The van der Waals surface area contributed by atoms with E-state index in [1.807, 2.05) is 43.6 Å². The number of benzene rings is 2. The fourth-order valence-corrected chi connectivity index (χ4v) is 2.78. The average molecular weight is 412 g/mol. The van der Waals surface area contributed by atoms with Gasteiger partial charge in [-0.15, -0.1) is 0 Å². The summed E-state index contributed by atoms with van der Waals surface area (Å²) in [4.78, 5) is 16.0. The van der Waals surface area contributed by atoms with Crippen molar-refractivity contribution in [1.82, 2.24) is 10.8 Å². The van der Waals surface area contributed by atoms with Crippen molar-refractivity contribution < 1.29 is 14.7 Å². The molecule has 0 aromatic heterocycles. The molecule has 0 aliphatic heterocycles. The molecule has 0 saturated carbocycles. The number of anilines is 2. The minimum absolute atomic E-state index is 0.105. The summed E-state index contributed by atoms with van der Waals surface area (Å²) in [5.74, 6) is 0.321. The Morgan fingerprint density at radius 3 is 2.37 bits per heavy atom. The van der Waals surface area contributed by atoms with Gasteiger partial charge in [-0.1, -0.05) is 12.1 Å². The second-order valence-corrected chi connectivity index (χ2v) is 6.65. The summed E-state index contributed by atoms with van der Waals surface area (Å²) in [6.07, 6.45) is 1.18. The van der Waals surface area contributed by atoms with Crippen LogP contribution >= 0.6 is 0 Å². The molecular formula is C21H28N6O3. The van der Waals surface area contributed by atoms with Crippen LogP contribution in [0.4, 0.5) is 11.4 Å². The molecule has 0 fully saturated rings. The molecule has 0 bridgehead atoms. The smallest absolute Gasteiger partial charge is 0.242 e. The van der Waals surface area contributed by atoms with Crippen molar-refractivity contribution in [2.24, 2.45) is 10.7 Å². The topological polar surface area (TPSA) is 147 Å². The van der Waals surface area contributed by atoms with Gasteiger partial charge in [-0.2, -0.15) is 0 Å². The van der Waals surface area contributed by atoms with Gasteiger partial charge in [-0.3, -0.25) is 15.5 Å². The number of nitrogen functional groups attached to an aromatic ring is 1. The third-order valence-electron chi connectivity index (χ3n) is 4.13. The predicted molar refractivity (Wildman–Crippen MR) is 118 cm³/mol. The number of nitrogens with one attached hydrogen (secondary N) is 3. The summed E-state index contributed by atoms with van der Waals surface area (Å²) in [5, 5.41) is 14.9. The zero-order valence-corrected chi connectivity index (χ0v) is 17.3. The molecular weight excluding hydrogens is 384 g/mol. The summed E-state index contributed by atoms with van der Waals surface area (Å²) < 4.78 is 6.02. The Bertz CT molecular complexity index is 915. The summed E-state index contributed by atoms with van der Waals surface area (Å²) in [5.41, 5.74) is 17.7. The maximum absolute atomic E-state index is 11.6. The van der Waals surface area contributed by atoms with Crippen molar-refractivity contribution in [2.75, 3.05) is 17.7 Å². The van der Waals surface area contributed by atoms with Crippen molar-refractivity contribution in [3.05, 3.63) is 65.0 Å². The van der Waals surface area contributed by atoms with E-state index in [1.165, 1.54) is 13.1 Å². The largest absolute Gasteiger partial charge is 0.437 e. The standard InChI is InChI=1S/C21H28N6O3/c1-13-8-17(23)9-14(2)20(13)30-21(19(11-26-29)27-15(3)28)25-12-24-18-6-4-16(10-22)5-7-18/h4-9,11,24,26,29H,10,12,22-23H2,1-3H3,(H,27,28)/b19-11+,25-21?. The van der Waals surface area contributed by atoms with Crippen LogP contribution in [-0.2, 0) is 11.3 Å². The highest BCUT2D eigenvalue weighted by Gasteiger charge is 2.15. The molecule has 8 N–H and O–H groups in total. The quantitative estimate of drug-likeness (QED) is 0.168. The number of nitrogens with two attached hydrogens (primary N) is 2. The number of hydrogen-bond donors (Lipinski definition) is 6. The first kappa shape index (κ1) is 22.7. The third kappa shape index (κ3) is 6.50. The number of ether oxygens (including phenoxy) is 1. The monoisotopic (exact) mass is 412 g/mol. The van der Waals surface area contributed by atoms with Crippen LogP contribution < -0.4 is 32.3 Å². The molecule has 9 heteroatoms. The van der Waals surface area contributed by atoms with Gasteiger partial charge in [-0.25, -0.2) is 4.99 Å². The molecule has 0 aliphatic rings. The normalized spacial score (nSPS) is 11.8. The second kappa shape index (κ2) is 10.8. The van der Waals surface area contributed by atoms with Crippen LogP contribution in [0.25, 0.3) is 0 Å². The van der Waals surface area contributed by atoms with E-state index in [0.29, 0.717) is 18.0 Å². The van der Waals surface area contributed by atoms with Crippen LogP contribution in [0.2, 0.25) is 0 Å². The number of carbonyl (C=O) groups excluding carboxylic acids is 1. The maximum Gasteiger partial charge on any atom is 0.242 e. The SMILES string of the molecule is CC(=O)N/C(=C/NO)C(=NCNc1ccc(CN)cc1)Oc1c(C)cc(N)cc1C. The Labute approximate surface area is 175 Å². The van der Waals surface area contributed by atoms with Gasteiger partial charge in [0.25, 0.3) is 0 Å². The van der Waals surface area contributed by atoms with Crippen molar-refractivity contribution in [1.29, 1.82) is 0 Å². The molecule has 0 heterocycles. The molecule has 0 unspecified atom stereocenters. The number of rotatable bonds is 8. The first-order valence-corrected chi connectivity index (χ1v) is 9.33. The number of aryl methyl sites for hydroxylation is 2. The van der Waals surface area contributed by atoms with Gasteiger partial charge >= 0.3 is 0 Å². The molecule has 9 nitrogen and oxygen atoms in total. The first-order valence-electron chi connectivity index (χ1n) is 9.33. The van der Waals surface area contributed by atoms with E-state index >= 15 is 0 Å². The first-order chi connectivity index (χ1) is 14.3. The van der Waals surface area contributed by atoms with Crippen LogP contribution in [0.5, 0.6) is 5.75 Å². The fraction of sp³-hybridized carbons (Fsp3) is 0.238. The molecule has 160 valence electrons. The van der Waals surface area contributed by atoms with Gasteiger partial charge in [0.05, 0.1) is 6.20 Å². The lowest BCUT2D eigenvalue weighted by Crippen LogP contribution is -2.30. The Morgan fingerprint density at radius 2 is 1.83 bits per heavy atom. The Morgan fingerprint density at radius 1 is 1.20 bits per heavy atom. The van der Waals surface area contributed by atoms with E-state index in [-0.39, 0.29) is 24.2 Å². The van der Waals surface area contributed by atoms with E-state index in [0.717, 1.165) is 22.4 Å². The highest BCUT2D eigenvalue weighted by Crippen LogP contribution is 2.26. The van der Waals surface area contributed by atoms with Crippen molar-refractivity contribution in [3.8, 4) is 5.75 Å². The third-order valence-corrected chi connectivity index (χ3v) is 4.13. The van der Waals surface area contributed by atoms with Gasteiger partial charge in [0.2, 0.25) is 11.8 Å². The van der Waals surface area contributed by atoms with Crippen LogP contribution in [0.3, 0.4) is 0 Å². The molecule has 0 spiro atoms. The van der Waals surface area contributed by atoms with E-state index in [2.05, 4.69) is 15.6 Å². The molecule has 0 aliphatic carbocycles.